The number of rotatable bonds is 5. The zero-order chi connectivity index (χ0) is 14.7. The Bertz CT molecular complexity index is 580. The summed E-state index contributed by atoms with van der Waals surface area (Å²) in [6, 6.07) is 8.47. The van der Waals surface area contributed by atoms with Gasteiger partial charge in [-0.3, -0.25) is 10.9 Å². The van der Waals surface area contributed by atoms with Crippen LogP contribution in [0, 0.1) is 0 Å². The van der Waals surface area contributed by atoms with Gasteiger partial charge in [-0.1, -0.05) is 19.1 Å². The number of hydrazine groups is 1. The van der Waals surface area contributed by atoms with Gasteiger partial charge in [-0.15, -0.1) is 0 Å². The molecule has 0 amide bonds. The van der Waals surface area contributed by atoms with Crippen LogP contribution >= 0.6 is 0 Å². The second kappa shape index (κ2) is 6.24. The van der Waals surface area contributed by atoms with Crippen molar-refractivity contribution >= 4 is 0 Å². The summed E-state index contributed by atoms with van der Waals surface area (Å²) >= 11 is 0. The second-order valence-electron chi connectivity index (χ2n) is 5.27. The molecule has 6 heteroatoms. The number of hydrogen-bond donors (Lipinski definition) is 2. The molecule has 2 unspecified atom stereocenters. The normalized spacial score (nSPS) is 21.6. The highest BCUT2D eigenvalue weighted by atomic mass is 16.5. The van der Waals surface area contributed by atoms with Crippen LogP contribution in [0.2, 0.25) is 0 Å². The molecular formula is C15H21N5O. The van der Waals surface area contributed by atoms with Gasteiger partial charge in [-0.25, -0.2) is 9.67 Å². The lowest BCUT2D eigenvalue weighted by molar-refractivity contribution is 0.414. The largest absolute Gasteiger partial charge is 0.497 e. The molecule has 1 aromatic carbocycles. The van der Waals surface area contributed by atoms with E-state index in [2.05, 4.69) is 40.0 Å². The Hall–Kier alpha value is -1.92. The van der Waals surface area contributed by atoms with E-state index in [1.54, 1.807) is 13.4 Å². The van der Waals surface area contributed by atoms with E-state index in [9.17, 15) is 0 Å². The lowest BCUT2D eigenvalue weighted by Crippen LogP contribution is -2.31. The third-order valence-electron chi connectivity index (χ3n) is 4.00. The predicted octanol–water partition coefficient (Wildman–Crippen LogP) is 1.30. The van der Waals surface area contributed by atoms with E-state index in [0.29, 0.717) is 12.0 Å². The van der Waals surface area contributed by atoms with Crippen molar-refractivity contribution in [1.82, 2.24) is 25.6 Å². The Labute approximate surface area is 124 Å². The molecule has 1 aromatic heterocycles. The molecule has 2 heterocycles. The number of nitrogens with zero attached hydrogens (tertiary/aromatic N) is 3. The van der Waals surface area contributed by atoms with E-state index < -0.39 is 0 Å². The molecule has 2 atom stereocenters. The van der Waals surface area contributed by atoms with Crippen LogP contribution in [0.5, 0.6) is 5.75 Å². The minimum atomic E-state index is 0.357. The molecule has 0 bridgehead atoms. The number of benzene rings is 1. The van der Waals surface area contributed by atoms with E-state index in [1.807, 2.05) is 16.8 Å². The minimum absolute atomic E-state index is 0.357. The second-order valence-corrected chi connectivity index (χ2v) is 5.27. The van der Waals surface area contributed by atoms with Crippen LogP contribution in [0.25, 0.3) is 0 Å². The Morgan fingerprint density at radius 1 is 1.33 bits per heavy atom. The fraction of sp³-hybridized carbons (Fsp3) is 0.467. The van der Waals surface area contributed by atoms with E-state index in [-0.39, 0.29) is 0 Å². The van der Waals surface area contributed by atoms with Crippen molar-refractivity contribution in [2.45, 2.75) is 31.8 Å². The molecule has 2 aromatic rings. The van der Waals surface area contributed by atoms with Crippen LogP contribution in [0.3, 0.4) is 0 Å². The number of aromatic nitrogens is 3. The van der Waals surface area contributed by atoms with Gasteiger partial charge in [0.25, 0.3) is 0 Å². The van der Waals surface area contributed by atoms with Gasteiger partial charge in [0.2, 0.25) is 0 Å². The van der Waals surface area contributed by atoms with Gasteiger partial charge in [0.15, 0.2) is 0 Å². The summed E-state index contributed by atoms with van der Waals surface area (Å²) in [4.78, 5) is 4.47. The summed E-state index contributed by atoms with van der Waals surface area (Å²) in [5.41, 5.74) is 7.71. The van der Waals surface area contributed by atoms with E-state index in [0.717, 1.165) is 31.1 Å². The maximum atomic E-state index is 5.19. The van der Waals surface area contributed by atoms with Gasteiger partial charge in [-0.2, -0.15) is 5.10 Å². The molecule has 1 fully saturated rings. The Morgan fingerprint density at radius 3 is 2.86 bits per heavy atom. The van der Waals surface area contributed by atoms with Crippen molar-refractivity contribution in [2.75, 3.05) is 13.7 Å². The van der Waals surface area contributed by atoms with Crippen molar-refractivity contribution in [2.24, 2.45) is 0 Å². The van der Waals surface area contributed by atoms with Crippen LogP contribution in [0.4, 0.5) is 0 Å². The van der Waals surface area contributed by atoms with E-state index in [1.165, 1.54) is 5.56 Å². The number of methoxy groups -OCH3 is 1. The molecule has 0 aliphatic carbocycles. The van der Waals surface area contributed by atoms with Gasteiger partial charge in [-0.05, 0) is 24.1 Å². The van der Waals surface area contributed by atoms with Crippen molar-refractivity contribution in [3.05, 3.63) is 42.0 Å². The van der Waals surface area contributed by atoms with Gasteiger partial charge in [0.1, 0.15) is 17.9 Å². The van der Waals surface area contributed by atoms with Crippen LogP contribution < -0.4 is 15.6 Å². The summed E-state index contributed by atoms with van der Waals surface area (Å²) in [6.07, 6.45) is 2.71. The standard InChI is InChI=1S/C15H21N5O/c1-3-14-13(8-17-19-14)15-16-10-18-20(15)9-11-4-6-12(21-2)7-5-11/h4-7,10,13-14,17,19H,3,8-9H2,1-2H3. The van der Waals surface area contributed by atoms with Gasteiger partial charge in [0, 0.05) is 18.5 Å². The highest BCUT2D eigenvalue weighted by molar-refractivity contribution is 5.27. The molecule has 21 heavy (non-hydrogen) atoms. The first kappa shape index (κ1) is 14.0. The third kappa shape index (κ3) is 2.91. The molecule has 0 spiro atoms. The summed E-state index contributed by atoms with van der Waals surface area (Å²) in [7, 11) is 1.68. The monoisotopic (exact) mass is 287 g/mol. The zero-order valence-corrected chi connectivity index (χ0v) is 12.4. The van der Waals surface area contributed by atoms with E-state index in [4.69, 9.17) is 4.74 Å². The molecular weight excluding hydrogens is 266 g/mol. The van der Waals surface area contributed by atoms with E-state index >= 15 is 0 Å². The average molecular weight is 287 g/mol. The fourth-order valence-electron chi connectivity index (χ4n) is 2.79. The highest BCUT2D eigenvalue weighted by Crippen LogP contribution is 2.22. The first-order valence-electron chi connectivity index (χ1n) is 7.30. The smallest absolute Gasteiger partial charge is 0.138 e. The van der Waals surface area contributed by atoms with Crippen molar-refractivity contribution in [3.8, 4) is 5.75 Å². The molecule has 3 rings (SSSR count). The predicted molar refractivity (Wildman–Crippen MR) is 80.1 cm³/mol. The minimum Gasteiger partial charge on any atom is -0.497 e. The van der Waals surface area contributed by atoms with Crippen molar-refractivity contribution in [1.29, 1.82) is 0 Å². The SMILES string of the molecule is CCC1NNCC1c1ncnn1Cc1ccc(OC)cc1. The molecule has 1 aliphatic heterocycles. The van der Waals surface area contributed by atoms with Crippen molar-refractivity contribution < 1.29 is 4.74 Å². The Balaban J connectivity index is 1.78. The quantitative estimate of drug-likeness (QED) is 0.868. The van der Waals surface area contributed by atoms with Gasteiger partial charge >= 0.3 is 0 Å². The molecule has 2 N–H and O–H groups in total. The maximum absolute atomic E-state index is 5.19. The Morgan fingerprint density at radius 2 is 2.14 bits per heavy atom. The molecule has 1 saturated heterocycles. The summed E-state index contributed by atoms with van der Waals surface area (Å²) in [5.74, 6) is 2.26. The molecule has 0 saturated carbocycles. The lowest BCUT2D eigenvalue weighted by atomic mass is 9.99. The molecule has 112 valence electrons. The average Bonchev–Trinajstić information content (AvgIpc) is 3.16. The molecule has 6 nitrogen and oxygen atoms in total. The Kier molecular flexibility index (Phi) is 4.17. The van der Waals surface area contributed by atoms with Crippen LogP contribution in [-0.4, -0.2) is 34.5 Å². The number of ether oxygens (including phenoxy) is 1. The number of hydrogen-bond acceptors (Lipinski definition) is 5. The molecule has 0 radical (unpaired) electrons. The first-order chi connectivity index (χ1) is 10.3. The lowest BCUT2D eigenvalue weighted by Gasteiger charge is -2.16. The van der Waals surface area contributed by atoms with Crippen LogP contribution in [-0.2, 0) is 6.54 Å². The van der Waals surface area contributed by atoms with Gasteiger partial charge < -0.3 is 4.74 Å². The first-order valence-corrected chi connectivity index (χ1v) is 7.30. The zero-order valence-electron chi connectivity index (χ0n) is 12.4. The topological polar surface area (TPSA) is 64.0 Å². The highest BCUT2D eigenvalue weighted by Gasteiger charge is 2.30. The van der Waals surface area contributed by atoms with Crippen LogP contribution in [0.15, 0.2) is 30.6 Å². The molecule has 1 aliphatic rings. The summed E-state index contributed by atoms with van der Waals surface area (Å²) in [5, 5.41) is 4.39. The van der Waals surface area contributed by atoms with Crippen molar-refractivity contribution in [3.63, 3.8) is 0 Å². The number of nitrogens with one attached hydrogen (secondary N) is 2. The third-order valence-corrected chi connectivity index (χ3v) is 4.00. The maximum Gasteiger partial charge on any atom is 0.138 e. The van der Waals surface area contributed by atoms with Gasteiger partial charge in [0.05, 0.1) is 13.7 Å². The van der Waals surface area contributed by atoms with Crippen LogP contribution in [0.1, 0.15) is 30.7 Å². The summed E-state index contributed by atoms with van der Waals surface area (Å²) in [6.45, 7) is 3.80. The fourth-order valence-corrected chi connectivity index (χ4v) is 2.79. The summed E-state index contributed by atoms with van der Waals surface area (Å²) < 4.78 is 7.18.